The average molecular weight is 458 g/mol. The second kappa shape index (κ2) is 8.90. The fourth-order valence-corrected chi connectivity index (χ4v) is 4.18. The lowest BCUT2D eigenvalue weighted by Crippen LogP contribution is -2.21. The molecule has 0 aliphatic heterocycles. The summed E-state index contributed by atoms with van der Waals surface area (Å²) in [4.78, 5) is 16.3. The van der Waals surface area contributed by atoms with Crippen molar-refractivity contribution in [1.29, 1.82) is 5.26 Å². The number of methoxy groups -OCH3 is 1. The Bertz CT molecular complexity index is 1440. The molecule has 2 aromatic heterocycles. The van der Waals surface area contributed by atoms with Crippen LogP contribution in [0.5, 0.6) is 0 Å². The molecule has 0 spiro atoms. The second-order valence-electron chi connectivity index (χ2n) is 8.04. The zero-order valence-electron chi connectivity index (χ0n) is 20.0. The maximum Gasteiger partial charge on any atom is 0.357 e. The smallest absolute Gasteiger partial charge is 0.357 e. The van der Waals surface area contributed by atoms with E-state index in [4.69, 9.17) is 15.6 Å². The van der Waals surface area contributed by atoms with E-state index in [0.29, 0.717) is 16.7 Å². The molecular weight excluding hydrogens is 430 g/mol. The molecule has 4 aromatic rings. The lowest BCUT2D eigenvalue weighted by molar-refractivity contribution is 0.0593. The minimum atomic E-state index is -0.619. The summed E-state index contributed by atoms with van der Waals surface area (Å²) in [6.07, 6.45) is 1.54. The predicted molar refractivity (Wildman–Crippen MR) is 132 cm³/mol. The molecule has 0 fully saturated rings. The van der Waals surface area contributed by atoms with Gasteiger partial charge in [-0.15, -0.1) is 10.2 Å². The highest BCUT2D eigenvalue weighted by Crippen LogP contribution is 2.29. The molecule has 34 heavy (non-hydrogen) atoms. The number of nitriles is 1. The van der Waals surface area contributed by atoms with Crippen LogP contribution in [0.1, 0.15) is 41.0 Å². The topological polar surface area (TPSA) is 115 Å². The minimum absolute atomic E-state index is 0.0846. The third-order valence-electron chi connectivity index (χ3n) is 6.03. The van der Waals surface area contributed by atoms with E-state index < -0.39 is 5.97 Å². The summed E-state index contributed by atoms with van der Waals surface area (Å²) in [5.74, 6) is -0.619. The first kappa shape index (κ1) is 22.9. The van der Waals surface area contributed by atoms with Gasteiger partial charge in [0.05, 0.1) is 29.7 Å². The Morgan fingerprint density at radius 2 is 1.74 bits per heavy atom. The molecule has 2 N–H and O–H groups in total. The number of carbonyl (C=O) groups is 1. The number of hydrogen-bond donors (Lipinski definition) is 1. The van der Waals surface area contributed by atoms with Crippen LogP contribution in [0.4, 0.5) is 11.4 Å². The summed E-state index contributed by atoms with van der Waals surface area (Å²) in [6.45, 7) is 10.1. The molecule has 2 heterocycles. The molecular formula is C25H27N7O2. The standard InChI is InChI=1S/C25H27N7O2/c1-6-30(7-2)18-8-9-21(15(3)10-18)32-28-19-11-16(4)22(12-20(19)29-32)31-14-17(13-26)23(27)24(31)25(33)34-5/h8-12,14H,6-7,27H2,1-5H3. The van der Waals surface area contributed by atoms with E-state index in [9.17, 15) is 10.1 Å². The van der Waals surface area contributed by atoms with Crippen molar-refractivity contribution in [1.82, 2.24) is 19.6 Å². The quantitative estimate of drug-likeness (QED) is 0.436. The van der Waals surface area contributed by atoms with Gasteiger partial charge in [-0.2, -0.15) is 10.1 Å². The minimum Gasteiger partial charge on any atom is -0.464 e. The van der Waals surface area contributed by atoms with Crippen molar-refractivity contribution in [2.75, 3.05) is 30.8 Å². The van der Waals surface area contributed by atoms with Crippen molar-refractivity contribution >= 4 is 28.4 Å². The lowest BCUT2D eigenvalue weighted by atomic mass is 10.1. The molecule has 0 saturated heterocycles. The number of esters is 1. The zero-order valence-corrected chi connectivity index (χ0v) is 20.0. The number of aryl methyl sites for hydroxylation is 2. The van der Waals surface area contributed by atoms with Gasteiger partial charge in [0.2, 0.25) is 0 Å². The molecule has 0 amide bonds. The van der Waals surface area contributed by atoms with Crippen LogP contribution >= 0.6 is 0 Å². The SMILES string of the molecule is CCN(CC)c1ccc(-n2nc3cc(C)c(-n4cc(C#N)c(N)c4C(=O)OC)cc3n2)c(C)c1. The highest BCUT2D eigenvalue weighted by atomic mass is 16.5. The number of aromatic nitrogens is 4. The van der Waals surface area contributed by atoms with Gasteiger partial charge < -0.3 is 19.9 Å². The molecule has 0 bridgehead atoms. The second-order valence-corrected chi connectivity index (χ2v) is 8.04. The van der Waals surface area contributed by atoms with Crippen LogP contribution in [-0.2, 0) is 4.74 Å². The predicted octanol–water partition coefficient (Wildman–Crippen LogP) is 3.91. The van der Waals surface area contributed by atoms with Crippen molar-refractivity contribution < 1.29 is 9.53 Å². The first-order valence-corrected chi connectivity index (χ1v) is 11.1. The number of nitrogens with two attached hydrogens (primary N) is 1. The molecule has 0 aliphatic rings. The first-order valence-electron chi connectivity index (χ1n) is 11.1. The molecule has 4 rings (SSSR count). The van der Waals surface area contributed by atoms with Crippen LogP contribution in [-0.4, -0.2) is 45.7 Å². The van der Waals surface area contributed by atoms with E-state index in [-0.39, 0.29) is 16.9 Å². The van der Waals surface area contributed by atoms with Crippen molar-refractivity contribution in [3.63, 3.8) is 0 Å². The Balaban J connectivity index is 1.82. The van der Waals surface area contributed by atoms with E-state index in [2.05, 4.69) is 36.0 Å². The van der Waals surface area contributed by atoms with E-state index >= 15 is 0 Å². The fraction of sp³-hybridized carbons (Fsp3) is 0.280. The van der Waals surface area contributed by atoms with Crippen LogP contribution in [0.15, 0.2) is 36.5 Å². The number of anilines is 2. The van der Waals surface area contributed by atoms with Crippen molar-refractivity contribution in [2.45, 2.75) is 27.7 Å². The molecule has 9 nitrogen and oxygen atoms in total. The largest absolute Gasteiger partial charge is 0.464 e. The van der Waals surface area contributed by atoms with Crippen LogP contribution in [0, 0.1) is 25.2 Å². The number of rotatable bonds is 6. The van der Waals surface area contributed by atoms with Gasteiger partial charge >= 0.3 is 5.97 Å². The number of ether oxygens (including phenoxy) is 1. The van der Waals surface area contributed by atoms with Crippen molar-refractivity contribution in [3.05, 3.63) is 58.9 Å². The summed E-state index contributed by atoms with van der Waals surface area (Å²) < 4.78 is 6.48. The fourth-order valence-electron chi connectivity index (χ4n) is 4.18. The number of nitrogen functional groups attached to an aromatic ring is 1. The lowest BCUT2D eigenvalue weighted by Gasteiger charge is -2.22. The molecule has 0 atom stereocenters. The van der Waals surface area contributed by atoms with E-state index in [1.165, 1.54) is 13.3 Å². The van der Waals surface area contributed by atoms with Crippen LogP contribution < -0.4 is 10.6 Å². The summed E-state index contributed by atoms with van der Waals surface area (Å²) in [5.41, 5.74) is 12.4. The number of fused-ring (bicyclic) bond motifs is 1. The molecule has 9 heteroatoms. The third-order valence-corrected chi connectivity index (χ3v) is 6.03. The molecule has 0 radical (unpaired) electrons. The zero-order chi connectivity index (χ0) is 24.6. The van der Waals surface area contributed by atoms with Crippen molar-refractivity contribution in [2.24, 2.45) is 0 Å². The van der Waals surface area contributed by atoms with Crippen molar-refractivity contribution in [3.8, 4) is 17.4 Å². The number of hydrogen-bond acceptors (Lipinski definition) is 7. The monoisotopic (exact) mass is 457 g/mol. The Hall–Kier alpha value is -4.32. The van der Waals surface area contributed by atoms with E-state index in [1.54, 1.807) is 9.36 Å². The normalized spacial score (nSPS) is 10.9. The van der Waals surface area contributed by atoms with Gasteiger partial charge in [-0.05, 0) is 69.2 Å². The highest BCUT2D eigenvalue weighted by molar-refractivity contribution is 5.96. The summed E-state index contributed by atoms with van der Waals surface area (Å²) in [5, 5.41) is 18.8. The van der Waals surface area contributed by atoms with Gasteiger partial charge in [-0.3, -0.25) is 0 Å². The maximum atomic E-state index is 12.4. The molecule has 2 aromatic carbocycles. The highest BCUT2D eigenvalue weighted by Gasteiger charge is 2.23. The Labute approximate surface area is 197 Å². The third kappa shape index (κ3) is 3.73. The number of benzene rings is 2. The van der Waals surface area contributed by atoms with Gasteiger partial charge in [-0.1, -0.05) is 0 Å². The Kier molecular flexibility index (Phi) is 5.99. The van der Waals surface area contributed by atoms with Crippen LogP contribution in [0.25, 0.3) is 22.4 Å². The number of nitrogens with zero attached hydrogens (tertiary/aromatic N) is 6. The van der Waals surface area contributed by atoms with Crippen LogP contribution in [0.3, 0.4) is 0 Å². The summed E-state index contributed by atoms with van der Waals surface area (Å²) in [7, 11) is 1.28. The van der Waals surface area contributed by atoms with Gasteiger partial charge in [-0.25, -0.2) is 4.79 Å². The first-order chi connectivity index (χ1) is 16.3. The van der Waals surface area contributed by atoms with Gasteiger partial charge in [0.15, 0.2) is 5.69 Å². The maximum absolute atomic E-state index is 12.4. The Morgan fingerprint density at radius 3 is 2.32 bits per heavy atom. The summed E-state index contributed by atoms with van der Waals surface area (Å²) >= 11 is 0. The van der Waals surface area contributed by atoms with E-state index in [1.807, 2.05) is 38.1 Å². The van der Waals surface area contributed by atoms with Crippen LogP contribution in [0.2, 0.25) is 0 Å². The molecule has 0 unspecified atom stereocenters. The summed E-state index contributed by atoms with van der Waals surface area (Å²) in [6, 6.07) is 12.0. The molecule has 0 saturated carbocycles. The van der Waals surface area contributed by atoms with Gasteiger partial charge in [0, 0.05) is 25.0 Å². The van der Waals surface area contributed by atoms with Gasteiger partial charge in [0.1, 0.15) is 17.1 Å². The number of carbonyl (C=O) groups excluding carboxylic acids is 1. The van der Waals surface area contributed by atoms with E-state index in [0.717, 1.165) is 35.6 Å². The Morgan fingerprint density at radius 1 is 1.09 bits per heavy atom. The molecule has 174 valence electrons. The molecule has 0 aliphatic carbocycles. The average Bonchev–Trinajstić information content (AvgIpc) is 3.38. The van der Waals surface area contributed by atoms with Gasteiger partial charge in [0.25, 0.3) is 0 Å².